The molecule has 1 aromatic carbocycles. The predicted octanol–water partition coefficient (Wildman–Crippen LogP) is 1.68. The Morgan fingerprint density at radius 1 is 1.24 bits per heavy atom. The van der Waals surface area contributed by atoms with Crippen molar-refractivity contribution < 1.29 is 9.18 Å². The summed E-state index contributed by atoms with van der Waals surface area (Å²) in [7, 11) is 1.67. The van der Waals surface area contributed by atoms with Gasteiger partial charge in [0.2, 0.25) is 0 Å². The fourth-order valence-electron chi connectivity index (χ4n) is 2.45. The number of amides is 1. The number of carbonyl (C=O) groups is 1. The topological polar surface area (TPSA) is 83.9 Å². The van der Waals surface area contributed by atoms with Crippen LogP contribution in [0.5, 0.6) is 0 Å². The highest BCUT2D eigenvalue weighted by Crippen LogP contribution is 2.15. The summed E-state index contributed by atoms with van der Waals surface area (Å²) in [6.45, 7) is 2.10. The molecule has 7 nitrogen and oxygen atoms in total. The monoisotopic (exact) mass is 341 g/mol. The number of rotatable bonds is 4. The van der Waals surface area contributed by atoms with Crippen LogP contribution in [0, 0.1) is 12.7 Å². The number of hydrogen-bond acceptors (Lipinski definition) is 4. The number of aromatic amines is 1. The maximum atomic E-state index is 13.0. The van der Waals surface area contributed by atoms with Crippen molar-refractivity contribution >= 4 is 5.91 Å². The van der Waals surface area contributed by atoms with Gasteiger partial charge in [-0.25, -0.2) is 14.2 Å². The van der Waals surface area contributed by atoms with Gasteiger partial charge in [0.1, 0.15) is 5.82 Å². The summed E-state index contributed by atoms with van der Waals surface area (Å²) in [5, 5.41) is 10.4. The second-order valence-corrected chi connectivity index (χ2v) is 5.62. The van der Waals surface area contributed by atoms with Crippen LogP contribution in [0.25, 0.3) is 5.82 Å². The fraction of sp³-hybridized carbons (Fsp3) is 0.176. The first-order chi connectivity index (χ1) is 12.0. The lowest BCUT2D eigenvalue weighted by atomic mass is 10.2. The molecule has 0 bridgehead atoms. The molecule has 2 aromatic heterocycles. The Morgan fingerprint density at radius 3 is 2.60 bits per heavy atom. The van der Waals surface area contributed by atoms with Crippen molar-refractivity contribution in [2.45, 2.75) is 13.5 Å². The van der Waals surface area contributed by atoms with Crippen molar-refractivity contribution in [3.8, 4) is 5.82 Å². The van der Waals surface area contributed by atoms with E-state index in [4.69, 9.17) is 0 Å². The number of halogens is 1. The molecular weight excluding hydrogens is 325 g/mol. The average Bonchev–Trinajstić information content (AvgIpc) is 2.98. The molecule has 0 spiro atoms. The zero-order chi connectivity index (χ0) is 18.0. The van der Waals surface area contributed by atoms with Gasteiger partial charge in [-0.05, 0) is 30.7 Å². The maximum absolute atomic E-state index is 13.0. The Hall–Kier alpha value is -3.29. The lowest BCUT2D eigenvalue weighted by molar-refractivity contribution is 0.0784. The Labute approximate surface area is 142 Å². The van der Waals surface area contributed by atoms with Gasteiger partial charge in [0.15, 0.2) is 5.82 Å². The van der Waals surface area contributed by atoms with Crippen LogP contribution in [-0.2, 0) is 6.54 Å². The van der Waals surface area contributed by atoms with E-state index in [9.17, 15) is 14.0 Å². The first-order valence-corrected chi connectivity index (χ1v) is 7.56. The van der Waals surface area contributed by atoms with E-state index in [-0.39, 0.29) is 17.3 Å². The zero-order valence-electron chi connectivity index (χ0n) is 13.7. The summed E-state index contributed by atoms with van der Waals surface area (Å²) < 4.78 is 14.5. The molecule has 0 fully saturated rings. The van der Waals surface area contributed by atoms with E-state index < -0.39 is 0 Å². The zero-order valence-corrected chi connectivity index (χ0v) is 13.7. The lowest BCUT2D eigenvalue weighted by Crippen LogP contribution is -2.26. The number of H-pyrrole nitrogens is 1. The van der Waals surface area contributed by atoms with Gasteiger partial charge in [0, 0.05) is 19.7 Å². The van der Waals surface area contributed by atoms with Crippen LogP contribution in [0.2, 0.25) is 0 Å². The van der Waals surface area contributed by atoms with E-state index in [1.807, 2.05) is 0 Å². The van der Waals surface area contributed by atoms with Gasteiger partial charge >= 0.3 is 0 Å². The normalized spacial score (nSPS) is 10.7. The highest BCUT2D eigenvalue weighted by molar-refractivity contribution is 5.95. The first kappa shape index (κ1) is 16.6. The Kier molecular flexibility index (Phi) is 4.42. The minimum absolute atomic E-state index is 0.211. The van der Waals surface area contributed by atoms with Gasteiger partial charge in [-0.3, -0.25) is 9.59 Å². The molecule has 0 unspecified atom stereocenters. The predicted molar refractivity (Wildman–Crippen MR) is 88.9 cm³/mol. The van der Waals surface area contributed by atoms with Gasteiger partial charge < -0.3 is 4.90 Å². The molecule has 128 valence electrons. The van der Waals surface area contributed by atoms with E-state index in [0.29, 0.717) is 23.6 Å². The van der Waals surface area contributed by atoms with Crippen molar-refractivity contribution in [1.82, 2.24) is 24.9 Å². The first-order valence-electron chi connectivity index (χ1n) is 7.56. The van der Waals surface area contributed by atoms with Crippen LogP contribution < -0.4 is 5.56 Å². The molecule has 0 aliphatic carbocycles. The summed E-state index contributed by atoms with van der Waals surface area (Å²) in [4.78, 5) is 25.3. The molecule has 0 saturated carbocycles. The summed E-state index contributed by atoms with van der Waals surface area (Å²) >= 11 is 0. The molecule has 1 N–H and O–H groups in total. The number of carbonyl (C=O) groups excluding carboxylic acids is 1. The second kappa shape index (κ2) is 6.68. The molecule has 0 saturated heterocycles. The molecule has 0 atom stereocenters. The summed E-state index contributed by atoms with van der Waals surface area (Å²) in [5.74, 6) is -0.113. The minimum Gasteiger partial charge on any atom is -0.337 e. The van der Waals surface area contributed by atoms with E-state index >= 15 is 0 Å². The molecular formula is C17H16FN5O2. The quantitative estimate of drug-likeness (QED) is 0.782. The number of nitrogens with zero attached hydrogens (tertiary/aromatic N) is 4. The lowest BCUT2D eigenvalue weighted by Gasteiger charge is -2.17. The van der Waals surface area contributed by atoms with Crippen LogP contribution in [0.1, 0.15) is 21.6 Å². The number of nitrogens with one attached hydrogen (secondary N) is 1. The highest BCUT2D eigenvalue weighted by atomic mass is 19.1. The maximum Gasteiger partial charge on any atom is 0.264 e. The third-order valence-electron chi connectivity index (χ3n) is 3.80. The third kappa shape index (κ3) is 3.47. The van der Waals surface area contributed by atoms with Crippen molar-refractivity contribution in [3.05, 3.63) is 75.6 Å². The Morgan fingerprint density at radius 2 is 1.96 bits per heavy atom. The minimum atomic E-state index is -0.316. The fourth-order valence-corrected chi connectivity index (χ4v) is 2.45. The van der Waals surface area contributed by atoms with Crippen molar-refractivity contribution in [1.29, 1.82) is 0 Å². The molecule has 3 rings (SSSR count). The molecule has 1 amide bonds. The van der Waals surface area contributed by atoms with E-state index in [0.717, 1.165) is 5.56 Å². The molecule has 0 radical (unpaired) electrons. The molecule has 2 heterocycles. The number of aromatic nitrogens is 4. The van der Waals surface area contributed by atoms with Gasteiger partial charge in [-0.2, -0.15) is 10.2 Å². The van der Waals surface area contributed by atoms with Crippen LogP contribution in [0.15, 0.2) is 47.4 Å². The third-order valence-corrected chi connectivity index (χ3v) is 3.80. The van der Waals surface area contributed by atoms with Crippen molar-refractivity contribution in [3.63, 3.8) is 0 Å². The molecule has 25 heavy (non-hydrogen) atoms. The number of benzene rings is 1. The molecule has 0 aliphatic rings. The van der Waals surface area contributed by atoms with Crippen LogP contribution in [0.3, 0.4) is 0 Å². The van der Waals surface area contributed by atoms with Crippen molar-refractivity contribution in [2.24, 2.45) is 0 Å². The number of hydrogen-bond donors (Lipinski definition) is 1. The Bertz CT molecular complexity index is 941. The van der Waals surface area contributed by atoms with Crippen LogP contribution >= 0.6 is 0 Å². The summed E-state index contributed by atoms with van der Waals surface area (Å²) in [5.41, 5.74) is 1.54. The van der Waals surface area contributed by atoms with Gasteiger partial charge in [-0.1, -0.05) is 12.1 Å². The standard InChI is InChI=1S/C17H16FN5O2/c1-11-14(9-19-23(11)15-7-8-16(24)21-20-15)17(25)22(2)10-12-3-5-13(18)6-4-12/h3-9H,10H2,1-2H3,(H,21,24). The molecule has 8 heteroatoms. The average molecular weight is 341 g/mol. The van der Waals surface area contributed by atoms with Crippen LogP contribution in [0.4, 0.5) is 4.39 Å². The molecule has 0 aliphatic heterocycles. The SMILES string of the molecule is Cc1c(C(=O)N(C)Cc2ccc(F)cc2)cnn1-c1ccc(=O)[nH]n1. The summed E-state index contributed by atoms with van der Waals surface area (Å²) in [6, 6.07) is 8.86. The van der Waals surface area contributed by atoms with Gasteiger partial charge in [0.25, 0.3) is 11.5 Å². The van der Waals surface area contributed by atoms with E-state index in [1.165, 1.54) is 40.0 Å². The van der Waals surface area contributed by atoms with E-state index in [1.54, 1.807) is 26.1 Å². The van der Waals surface area contributed by atoms with Gasteiger partial charge in [0.05, 0.1) is 17.5 Å². The summed E-state index contributed by atoms with van der Waals surface area (Å²) in [6.07, 6.45) is 1.46. The smallest absolute Gasteiger partial charge is 0.264 e. The van der Waals surface area contributed by atoms with Crippen molar-refractivity contribution in [2.75, 3.05) is 7.05 Å². The highest BCUT2D eigenvalue weighted by Gasteiger charge is 2.19. The van der Waals surface area contributed by atoms with E-state index in [2.05, 4.69) is 15.3 Å². The largest absolute Gasteiger partial charge is 0.337 e. The Balaban J connectivity index is 1.81. The van der Waals surface area contributed by atoms with Crippen LogP contribution in [-0.4, -0.2) is 37.8 Å². The van der Waals surface area contributed by atoms with Gasteiger partial charge in [-0.15, -0.1) is 0 Å². The molecule has 3 aromatic rings. The second-order valence-electron chi connectivity index (χ2n) is 5.62.